The van der Waals surface area contributed by atoms with Gasteiger partial charge in [-0.25, -0.2) is 5.06 Å². The molecule has 0 aromatic heterocycles. The van der Waals surface area contributed by atoms with Crippen LogP contribution in [0.15, 0.2) is 30.3 Å². The molecule has 1 rings (SSSR count). The number of hydrogen-bond acceptors (Lipinski definition) is 4. The van der Waals surface area contributed by atoms with Crippen molar-refractivity contribution in [1.82, 2.24) is 10.4 Å². The summed E-state index contributed by atoms with van der Waals surface area (Å²) in [7, 11) is 0. The summed E-state index contributed by atoms with van der Waals surface area (Å²) < 4.78 is 0. The lowest BCUT2D eigenvalue weighted by Gasteiger charge is -2.22. The number of carbonyl (C=O) groups is 3. The maximum Gasteiger partial charge on any atom is 0.233 e. The van der Waals surface area contributed by atoms with Gasteiger partial charge >= 0.3 is 0 Å². The van der Waals surface area contributed by atoms with Crippen molar-refractivity contribution in [3.8, 4) is 0 Å². The normalized spacial score (nSPS) is 13.0. The molecule has 0 saturated heterocycles. The van der Waals surface area contributed by atoms with E-state index in [1.165, 1.54) is 6.92 Å². The molecule has 0 unspecified atom stereocenters. The third kappa shape index (κ3) is 5.29. The second-order valence-electron chi connectivity index (χ2n) is 5.18. The van der Waals surface area contributed by atoms with Crippen molar-refractivity contribution in [3.05, 3.63) is 35.9 Å². The standard InChI is InChI=1S/C16H22N2O4/c1-3-7-14(10-18(22)11-19)16(21)17-15(12(2)20)13-8-5-4-6-9-13/h4-6,8-9,11,14-15,22H,3,7,10H2,1-2H3,(H,17,21)/t14-,15-/m1/s1. The monoisotopic (exact) mass is 306 g/mol. The summed E-state index contributed by atoms with van der Waals surface area (Å²) in [5.41, 5.74) is 0.704. The smallest absolute Gasteiger partial charge is 0.233 e. The van der Waals surface area contributed by atoms with E-state index < -0.39 is 12.0 Å². The van der Waals surface area contributed by atoms with Crippen molar-refractivity contribution < 1.29 is 19.6 Å². The van der Waals surface area contributed by atoms with E-state index in [0.29, 0.717) is 17.0 Å². The fourth-order valence-electron chi connectivity index (χ4n) is 2.25. The van der Waals surface area contributed by atoms with Crippen LogP contribution in [-0.2, 0) is 14.4 Å². The summed E-state index contributed by atoms with van der Waals surface area (Å²) >= 11 is 0. The molecule has 2 N–H and O–H groups in total. The van der Waals surface area contributed by atoms with Crippen LogP contribution in [0, 0.1) is 5.92 Å². The van der Waals surface area contributed by atoms with E-state index in [2.05, 4.69) is 5.32 Å². The average molecular weight is 306 g/mol. The Kier molecular flexibility index (Phi) is 7.25. The molecule has 6 heteroatoms. The topological polar surface area (TPSA) is 86.7 Å². The second kappa shape index (κ2) is 8.94. The first-order valence-corrected chi connectivity index (χ1v) is 7.26. The number of hydrogen-bond donors (Lipinski definition) is 2. The first-order chi connectivity index (χ1) is 10.5. The molecular formula is C16H22N2O4. The number of amides is 2. The third-order valence-electron chi connectivity index (χ3n) is 3.36. The van der Waals surface area contributed by atoms with Gasteiger partial charge in [0.1, 0.15) is 6.04 Å². The van der Waals surface area contributed by atoms with E-state index >= 15 is 0 Å². The van der Waals surface area contributed by atoms with Crippen LogP contribution < -0.4 is 5.32 Å². The number of carbonyl (C=O) groups excluding carboxylic acids is 3. The lowest BCUT2D eigenvalue weighted by atomic mass is 9.99. The molecule has 120 valence electrons. The zero-order chi connectivity index (χ0) is 16.5. The number of rotatable bonds is 9. The van der Waals surface area contributed by atoms with E-state index in [0.717, 1.165) is 6.42 Å². The second-order valence-corrected chi connectivity index (χ2v) is 5.18. The Bertz CT molecular complexity index is 504. The molecule has 2 atom stereocenters. The molecule has 22 heavy (non-hydrogen) atoms. The Morgan fingerprint density at radius 1 is 1.32 bits per heavy atom. The molecule has 0 aliphatic rings. The number of nitrogens with zero attached hydrogens (tertiary/aromatic N) is 1. The summed E-state index contributed by atoms with van der Waals surface area (Å²) in [6.45, 7) is 3.22. The fraction of sp³-hybridized carbons (Fsp3) is 0.438. The van der Waals surface area contributed by atoms with Crippen molar-refractivity contribution in [2.75, 3.05) is 6.54 Å². The summed E-state index contributed by atoms with van der Waals surface area (Å²) in [6.07, 6.45) is 1.49. The molecule has 0 radical (unpaired) electrons. The van der Waals surface area contributed by atoms with E-state index in [9.17, 15) is 19.6 Å². The third-order valence-corrected chi connectivity index (χ3v) is 3.36. The van der Waals surface area contributed by atoms with Gasteiger partial charge in [0.25, 0.3) is 0 Å². The highest BCUT2D eigenvalue weighted by atomic mass is 16.5. The van der Waals surface area contributed by atoms with Gasteiger partial charge in [0, 0.05) is 0 Å². The number of Topliss-reactive ketones (excluding diaryl/α,β-unsaturated/α-hetero) is 1. The Morgan fingerprint density at radius 3 is 2.45 bits per heavy atom. The van der Waals surface area contributed by atoms with Gasteiger partial charge in [-0.05, 0) is 18.9 Å². The van der Waals surface area contributed by atoms with Crippen molar-refractivity contribution in [2.24, 2.45) is 5.92 Å². The minimum atomic E-state index is -0.726. The molecule has 0 fully saturated rings. The zero-order valence-corrected chi connectivity index (χ0v) is 12.9. The summed E-state index contributed by atoms with van der Waals surface area (Å²) in [5.74, 6) is -1.09. The molecule has 0 aliphatic heterocycles. The van der Waals surface area contributed by atoms with Gasteiger partial charge in [-0.3, -0.25) is 19.6 Å². The Hall–Kier alpha value is -2.21. The molecule has 1 aromatic rings. The molecule has 6 nitrogen and oxygen atoms in total. The average Bonchev–Trinajstić information content (AvgIpc) is 2.52. The molecular weight excluding hydrogens is 284 g/mol. The first-order valence-electron chi connectivity index (χ1n) is 7.26. The van der Waals surface area contributed by atoms with Gasteiger partial charge in [-0.2, -0.15) is 0 Å². The molecule has 0 aliphatic carbocycles. The van der Waals surface area contributed by atoms with E-state index in [1.54, 1.807) is 24.3 Å². The van der Waals surface area contributed by atoms with Crippen molar-refractivity contribution in [1.29, 1.82) is 0 Å². The Balaban J connectivity index is 2.84. The number of benzene rings is 1. The molecule has 0 bridgehead atoms. The van der Waals surface area contributed by atoms with Crippen LogP contribution in [0.25, 0.3) is 0 Å². The van der Waals surface area contributed by atoms with Gasteiger partial charge in [0.15, 0.2) is 5.78 Å². The highest BCUT2D eigenvalue weighted by molar-refractivity contribution is 5.89. The first kappa shape index (κ1) is 17.8. The van der Waals surface area contributed by atoms with Crippen molar-refractivity contribution in [3.63, 3.8) is 0 Å². The van der Waals surface area contributed by atoms with Crippen molar-refractivity contribution in [2.45, 2.75) is 32.7 Å². The summed E-state index contributed by atoms with van der Waals surface area (Å²) in [5, 5.41) is 12.4. The number of ketones is 1. The summed E-state index contributed by atoms with van der Waals surface area (Å²) in [6, 6.07) is 8.23. The van der Waals surface area contributed by atoms with E-state index in [4.69, 9.17) is 0 Å². The predicted molar refractivity (Wildman–Crippen MR) is 81.0 cm³/mol. The molecule has 0 spiro atoms. The largest absolute Gasteiger partial charge is 0.342 e. The zero-order valence-electron chi connectivity index (χ0n) is 12.9. The maximum atomic E-state index is 12.4. The van der Waals surface area contributed by atoms with Gasteiger partial charge < -0.3 is 5.32 Å². The van der Waals surface area contributed by atoms with Gasteiger partial charge in [-0.15, -0.1) is 0 Å². The van der Waals surface area contributed by atoms with Crippen LogP contribution in [0.3, 0.4) is 0 Å². The van der Waals surface area contributed by atoms with E-state index in [-0.39, 0.29) is 24.6 Å². The predicted octanol–water partition coefficient (Wildman–Crippen LogP) is 1.70. The maximum absolute atomic E-state index is 12.4. The molecule has 2 amide bonds. The van der Waals surface area contributed by atoms with Crippen LogP contribution in [0.1, 0.15) is 38.3 Å². The fourth-order valence-corrected chi connectivity index (χ4v) is 2.25. The van der Waals surface area contributed by atoms with Gasteiger partial charge in [0.2, 0.25) is 12.3 Å². The highest BCUT2D eigenvalue weighted by Gasteiger charge is 2.25. The lowest BCUT2D eigenvalue weighted by molar-refractivity contribution is -0.155. The Labute approximate surface area is 130 Å². The van der Waals surface area contributed by atoms with Crippen LogP contribution >= 0.6 is 0 Å². The number of nitrogens with one attached hydrogen (secondary N) is 1. The van der Waals surface area contributed by atoms with Crippen LogP contribution in [0.4, 0.5) is 0 Å². The SMILES string of the molecule is CCC[C@H](CN(O)C=O)C(=O)N[C@H](C(C)=O)c1ccccc1. The molecule has 0 saturated carbocycles. The van der Waals surface area contributed by atoms with Crippen molar-refractivity contribution >= 4 is 18.1 Å². The van der Waals surface area contributed by atoms with Gasteiger partial charge in [-0.1, -0.05) is 43.7 Å². The van der Waals surface area contributed by atoms with Crippen LogP contribution in [0.2, 0.25) is 0 Å². The minimum Gasteiger partial charge on any atom is -0.342 e. The summed E-state index contributed by atoms with van der Waals surface area (Å²) in [4.78, 5) is 34.7. The number of hydroxylamine groups is 2. The Morgan fingerprint density at radius 2 is 1.95 bits per heavy atom. The highest BCUT2D eigenvalue weighted by Crippen LogP contribution is 2.16. The van der Waals surface area contributed by atoms with Crippen LogP contribution in [0.5, 0.6) is 0 Å². The van der Waals surface area contributed by atoms with Gasteiger partial charge in [0.05, 0.1) is 12.5 Å². The quantitative estimate of drug-likeness (QED) is 0.413. The van der Waals surface area contributed by atoms with E-state index in [1.807, 2.05) is 13.0 Å². The van der Waals surface area contributed by atoms with Crippen LogP contribution in [-0.4, -0.2) is 34.9 Å². The molecule has 1 aromatic carbocycles. The molecule has 0 heterocycles. The minimum absolute atomic E-state index is 0.0947. The lowest BCUT2D eigenvalue weighted by Crippen LogP contribution is -2.41.